The van der Waals surface area contributed by atoms with Gasteiger partial charge in [-0.2, -0.15) is 0 Å². The summed E-state index contributed by atoms with van der Waals surface area (Å²) in [7, 11) is 0. The first-order chi connectivity index (χ1) is 12.1. The number of unbranched alkanes of at least 4 members (excludes halogenated alkanes) is 5. The lowest BCUT2D eigenvalue weighted by Crippen LogP contribution is -2.05. The molecule has 1 fully saturated rings. The van der Waals surface area contributed by atoms with Crippen molar-refractivity contribution >= 4 is 29.4 Å². The van der Waals surface area contributed by atoms with Gasteiger partial charge in [0.25, 0.3) is 0 Å². The normalized spacial score (nSPS) is 16.5. The van der Waals surface area contributed by atoms with Gasteiger partial charge in [-0.3, -0.25) is 4.79 Å². The fourth-order valence-corrected chi connectivity index (χ4v) is 2.80. The van der Waals surface area contributed by atoms with E-state index in [2.05, 4.69) is 16.9 Å². The van der Waals surface area contributed by atoms with Crippen LogP contribution >= 0.6 is 11.6 Å². The smallest absolute Gasteiger partial charge is 0.345 e. The number of allylic oxidation sites excluding steroid dienone is 2. The van der Waals surface area contributed by atoms with Crippen molar-refractivity contribution < 1.29 is 19.4 Å². The minimum atomic E-state index is -0.699. The predicted molar refractivity (Wildman–Crippen MR) is 98.4 cm³/mol. The van der Waals surface area contributed by atoms with E-state index in [1.807, 2.05) is 24.3 Å². The van der Waals surface area contributed by atoms with E-state index < -0.39 is 11.8 Å². The summed E-state index contributed by atoms with van der Waals surface area (Å²) in [5.41, 5.74) is 0.986. The maximum Gasteiger partial charge on any atom is 0.345 e. The highest BCUT2D eigenvalue weighted by molar-refractivity contribution is 6.30. The molecule has 1 saturated heterocycles. The number of ether oxygens (including phenoxy) is 1. The number of ketones is 1. The van der Waals surface area contributed by atoms with E-state index in [0.29, 0.717) is 6.42 Å². The molecule has 25 heavy (non-hydrogen) atoms. The SMILES string of the molecule is O=C1COC(=O)C1=C(O)CCCCCCCC=Cc1ccc(Cl)cc1. The van der Waals surface area contributed by atoms with E-state index >= 15 is 0 Å². The van der Waals surface area contributed by atoms with Crippen molar-refractivity contribution in [1.29, 1.82) is 0 Å². The lowest BCUT2D eigenvalue weighted by Gasteiger charge is -2.02. The monoisotopic (exact) mass is 362 g/mol. The molecule has 2 rings (SSSR count). The van der Waals surface area contributed by atoms with E-state index in [9.17, 15) is 14.7 Å². The van der Waals surface area contributed by atoms with Crippen molar-refractivity contribution in [2.75, 3.05) is 6.61 Å². The molecule has 0 unspecified atom stereocenters. The second-order valence-corrected chi connectivity index (χ2v) is 6.52. The lowest BCUT2D eigenvalue weighted by molar-refractivity contribution is -0.135. The van der Waals surface area contributed by atoms with Crippen LogP contribution in [0.2, 0.25) is 5.02 Å². The minimum absolute atomic E-state index is 0.126. The number of benzene rings is 1. The minimum Gasteiger partial charge on any atom is -0.511 e. The molecule has 134 valence electrons. The summed E-state index contributed by atoms with van der Waals surface area (Å²) in [6.45, 7) is -0.248. The number of carbonyl (C=O) groups is 2. The molecule has 0 aliphatic carbocycles. The number of aliphatic hydroxyl groups excluding tert-OH is 1. The Hall–Kier alpha value is -2.07. The number of hydrogen-bond donors (Lipinski definition) is 1. The van der Waals surface area contributed by atoms with Crippen molar-refractivity contribution in [2.45, 2.75) is 44.9 Å². The van der Waals surface area contributed by atoms with Crippen LogP contribution in [-0.2, 0) is 14.3 Å². The Bertz CT molecular complexity index is 641. The third-order valence-electron chi connectivity index (χ3n) is 4.07. The van der Waals surface area contributed by atoms with E-state index in [0.717, 1.165) is 49.1 Å². The van der Waals surface area contributed by atoms with Crippen LogP contribution in [0, 0.1) is 0 Å². The van der Waals surface area contributed by atoms with Gasteiger partial charge in [0.1, 0.15) is 11.3 Å². The topological polar surface area (TPSA) is 63.6 Å². The van der Waals surface area contributed by atoms with E-state index in [1.54, 1.807) is 0 Å². The Morgan fingerprint density at radius 2 is 1.76 bits per heavy atom. The average molecular weight is 363 g/mol. The number of aliphatic hydroxyl groups is 1. The maximum atomic E-state index is 11.4. The number of carbonyl (C=O) groups excluding carboxylic acids is 2. The molecule has 0 bridgehead atoms. The number of esters is 1. The van der Waals surface area contributed by atoms with E-state index in [4.69, 9.17) is 11.6 Å². The number of Topliss-reactive ketones (excluding diaryl/α,β-unsaturated/α-hetero) is 1. The van der Waals surface area contributed by atoms with Crippen LogP contribution in [0.25, 0.3) is 6.08 Å². The largest absolute Gasteiger partial charge is 0.511 e. The van der Waals surface area contributed by atoms with Crippen LogP contribution in [0.15, 0.2) is 41.7 Å². The predicted octanol–water partition coefficient (Wildman–Crippen LogP) is 5.02. The molecule has 0 atom stereocenters. The lowest BCUT2D eigenvalue weighted by atomic mass is 10.1. The van der Waals surface area contributed by atoms with Crippen LogP contribution < -0.4 is 0 Å². The van der Waals surface area contributed by atoms with E-state index in [-0.39, 0.29) is 17.9 Å². The first kappa shape index (κ1) is 19.3. The molecule has 0 aromatic heterocycles. The van der Waals surface area contributed by atoms with Crippen LogP contribution in [0.4, 0.5) is 0 Å². The molecular weight excluding hydrogens is 340 g/mol. The molecule has 0 amide bonds. The maximum absolute atomic E-state index is 11.4. The molecule has 1 aromatic carbocycles. The first-order valence-electron chi connectivity index (χ1n) is 8.62. The molecule has 0 spiro atoms. The van der Waals surface area contributed by atoms with Crippen molar-refractivity contribution in [3.8, 4) is 0 Å². The van der Waals surface area contributed by atoms with Crippen LogP contribution in [-0.4, -0.2) is 23.5 Å². The van der Waals surface area contributed by atoms with Crippen LogP contribution in [0.5, 0.6) is 0 Å². The van der Waals surface area contributed by atoms with Crippen molar-refractivity contribution in [3.63, 3.8) is 0 Å². The Morgan fingerprint density at radius 1 is 1.08 bits per heavy atom. The number of cyclic esters (lactones) is 1. The van der Waals surface area contributed by atoms with Crippen molar-refractivity contribution in [2.24, 2.45) is 0 Å². The Morgan fingerprint density at radius 3 is 2.44 bits per heavy atom. The first-order valence-corrected chi connectivity index (χ1v) is 9.00. The van der Waals surface area contributed by atoms with Gasteiger partial charge in [-0.05, 0) is 37.0 Å². The summed E-state index contributed by atoms with van der Waals surface area (Å²) in [6, 6.07) is 7.74. The Labute approximate surface area is 153 Å². The Kier molecular flexibility index (Phi) is 7.74. The van der Waals surface area contributed by atoms with Gasteiger partial charge >= 0.3 is 5.97 Å². The van der Waals surface area contributed by atoms with Crippen molar-refractivity contribution in [1.82, 2.24) is 0 Å². The van der Waals surface area contributed by atoms with Crippen molar-refractivity contribution in [3.05, 3.63) is 52.3 Å². The van der Waals surface area contributed by atoms with Gasteiger partial charge in [-0.25, -0.2) is 4.79 Å². The summed E-state index contributed by atoms with van der Waals surface area (Å²) in [6.07, 6.45) is 10.7. The number of hydrogen-bond acceptors (Lipinski definition) is 4. The fourth-order valence-electron chi connectivity index (χ4n) is 2.67. The highest BCUT2D eigenvalue weighted by Gasteiger charge is 2.31. The van der Waals surface area contributed by atoms with Crippen LogP contribution in [0.1, 0.15) is 50.5 Å². The molecule has 5 heteroatoms. The van der Waals surface area contributed by atoms with E-state index in [1.165, 1.54) is 0 Å². The summed E-state index contributed by atoms with van der Waals surface area (Å²) in [5.74, 6) is -1.25. The fraction of sp³-hybridized carbons (Fsp3) is 0.400. The average Bonchev–Trinajstić information content (AvgIpc) is 2.93. The quantitative estimate of drug-likeness (QED) is 0.220. The summed E-state index contributed by atoms with van der Waals surface area (Å²) in [4.78, 5) is 22.7. The third-order valence-corrected chi connectivity index (χ3v) is 4.32. The molecule has 1 N–H and O–H groups in total. The number of halogens is 1. The second-order valence-electron chi connectivity index (χ2n) is 6.08. The molecule has 1 heterocycles. The van der Waals surface area contributed by atoms with Crippen LogP contribution in [0.3, 0.4) is 0 Å². The van der Waals surface area contributed by atoms with Gasteiger partial charge in [0.15, 0.2) is 6.61 Å². The van der Waals surface area contributed by atoms with Gasteiger partial charge in [-0.15, -0.1) is 0 Å². The molecule has 0 saturated carbocycles. The molecule has 1 aliphatic heterocycles. The standard InChI is InChI=1S/C20H23ClO4/c21-16-12-10-15(11-13-16)8-6-4-2-1-3-5-7-9-17(22)19-18(23)14-25-20(19)24/h6,8,10-13,22H,1-5,7,9,14H2. The molecule has 1 aliphatic rings. The zero-order valence-electron chi connectivity index (χ0n) is 14.2. The Balaban J connectivity index is 1.55. The molecule has 4 nitrogen and oxygen atoms in total. The second kappa shape index (κ2) is 10.0. The highest BCUT2D eigenvalue weighted by atomic mass is 35.5. The van der Waals surface area contributed by atoms with Gasteiger partial charge in [0.05, 0.1) is 0 Å². The van der Waals surface area contributed by atoms with Gasteiger partial charge in [-0.1, -0.05) is 55.1 Å². The summed E-state index contributed by atoms with van der Waals surface area (Å²) in [5, 5.41) is 10.6. The van der Waals surface area contributed by atoms with Gasteiger partial charge < -0.3 is 9.84 Å². The van der Waals surface area contributed by atoms with Gasteiger partial charge in [0.2, 0.25) is 5.78 Å². The van der Waals surface area contributed by atoms with Gasteiger partial charge in [0, 0.05) is 11.4 Å². The zero-order valence-corrected chi connectivity index (χ0v) is 14.9. The zero-order chi connectivity index (χ0) is 18.1. The highest BCUT2D eigenvalue weighted by Crippen LogP contribution is 2.18. The third kappa shape index (κ3) is 6.39. The molecular formula is C20H23ClO4. The number of rotatable bonds is 9. The molecule has 1 aromatic rings. The summed E-state index contributed by atoms with van der Waals surface area (Å²) >= 11 is 5.84. The summed E-state index contributed by atoms with van der Waals surface area (Å²) < 4.78 is 4.60. The molecule has 0 radical (unpaired) electrons.